The highest BCUT2D eigenvalue weighted by molar-refractivity contribution is 6.40. The fourth-order valence-electron chi connectivity index (χ4n) is 3.89. The molecule has 9 heteroatoms. The first-order chi connectivity index (χ1) is 16.4. The number of aromatic nitrogens is 3. The van der Waals surface area contributed by atoms with E-state index in [-0.39, 0.29) is 12.6 Å². The summed E-state index contributed by atoms with van der Waals surface area (Å²) in [5.41, 5.74) is 4.44. The number of hydrogen-bond donors (Lipinski definition) is 1. The monoisotopic (exact) mass is 489 g/mol. The van der Waals surface area contributed by atoms with E-state index in [1.54, 1.807) is 30.6 Å². The van der Waals surface area contributed by atoms with Crippen LogP contribution in [0.25, 0.3) is 11.1 Å². The van der Waals surface area contributed by atoms with E-state index < -0.39 is 0 Å². The van der Waals surface area contributed by atoms with Gasteiger partial charge in [-0.05, 0) is 48.4 Å². The van der Waals surface area contributed by atoms with Gasteiger partial charge in [-0.25, -0.2) is 4.98 Å². The van der Waals surface area contributed by atoms with Crippen LogP contribution in [-0.4, -0.2) is 34.6 Å². The minimum absolute atomic E-state index is 0.245. The minimum atomic E-state index is -0.268. The van der Waals surface area contributed by atoms with E-state index in [2.05, 4.69) is 27.2 Å². The van der Waals surface area contributed by atoms with Crippen LogP contribution in [0.1, 0.15) is 15.9 Å². The number of amides is 1. The van der Waals surface area contributed by atoms with Crippen LogP contribution in [0.3, 0.4) is 0 Å². The van der Waals surface area contributed by atoms with Gasteiger partial charge in [0.15, 0.2) is 0 Å². The molecule has 2 aromatic heterocycles. The SMILES string of the molecule is [CH2]c1cc(Nc2ncc3c(n2)N(C)CN(c2c(Cl)cccc2Cl)C3=O)ccc1-c1cccnc1. The summed E-state index contributed by atoms with van der Waals surface area (Å²) in [4.78, 5) is 29.7. The van der Waals surface area contributed by atoms with Crippen LogP contribution in [0, 0.1) is 6.92 Å². The topological polar surface area (TPSA) is 74.2 Å². The quantitative estimate of drug-likeness (QED) is 0.388. The van der Waals surface area contributed by atoms with Gasteiger partial charge in [-0.3, -0.25) is 14.7 Å². The van der Waals surface area contributed by atoms with Crippen molar-refractivity contribution in [1.29, 1.82) is 0 Å². The van der Waals surface area contributed by atoms with Crippen LogP contribution in [0.2, 0.25) is 10.0 Å². The van der Waals surface area contributed by atoms with Crippen LogP contribution in [0.5, 0.6) is 0 Å². The van der Waals surface area contributed by atoms with Crippen molar-refractivity contribution < 1.29 is 4.79 Å². The Morgan fingerprint density at radius 2 is 1.82 bits per heavy atom. The average molecular weight is 490 g/mol. The van der Waals surface area contributed by atoms with Crippen LogP contribution in [-0.2, 0) is 0 Å². The summed E-state index contributed by atoms with van der Waals surface area (Å²) < 4.78 is 0. The fraction of sp³-hybridized carbons (Fsp3) is 0.0800. The third-order valence-corrected chi connectivity index (χ3v) is 6.11. The van der Waals surface area contributed by atoms with E-state index in [4.69, 9.17) is 23.2 Å². The summed E-state index contributed by atoms with van der Waals surface area (Å²) in [6, 6.07) is 14.8. The maximum Gasteiger partial charge on any atom is 0.265 e. The van der Waals surface area contributed by atoms with Crippen molar-refractivity contribution in [2.24, 2.45) is 0 Å². The minimum Gasteiger partial charge on any atom is -0.341 e. The molecular weight excluding hydrogens is 471 g/mol. The molecule has 1 amide bonds. The molecule has 169 valence electrons. The van der Waals surface area contributed by atoms with Gasteiger partial charge < -0.3 is 10.2 Å². The lowest BCUT2D eigenvalue weighted by Gasteiger charge is -2.35. The largest absolute Gasteiger partial charge is 0.341 e. The lowest BCUT2D eigenvalue weighted by Crippen LogP contribution is -2.46. The molecule has 1 aliphatic heterocycles. The highest BCUT2D eigenvalue weighted by Crippen LogP contribution is 2.37. The van der Waals surface area contributed by atoms with Crippen molar-refractivity contribution in [3.63, 3.8) is 0 Å². The average Bonchev–Trinajstić information content (AvgIpc) is 2.83. The van der Waals surface area contributed by atoms with Gasteiger partial charge in [-0.1, -0.05) is 41.4 Å². The lowest BCUT2D eigenvalue weighted by molar-refractivity contribution is 0.0982. The molecule has 0 saturated carbocycles. The van der Waals surface area contributed by atoms with E-state index in [0.29, 0.717) is 33.1 Å². The number of nitrogens with zero attached hydrogens (tertiary/aromatic N) is 5. The second kappa shape index (κ2) is 8.93. The highest BCUT2D eigenvalue weighted by atomic mass is 35.5. The van der Waals surface area contributed by atoms with Gasteiger partial charge in [-0.2, -0.15) is 4.98 Å². The summed E-state index contributed by atoms with van der Waals surface area (Å²) in [6.45, 7) is 4.40. The number of para-hydroxylation sites is 1. The number of carbonyl (C=O) groups excluding carboxylic acids is 1. The number of pyridine rings is 1. The van der Waals surface area contributed by atoms with Crippen molar-refractivity contribution in [2.75, 3.05) is 28.8 Å². The summed E-state index contributed by atoms with van der Waals surface area (Å²) in [6.07, 6.45) is 5.05. The van der Waals surface area contributed by atoms with Crippen LogP contribution < -0.4 is 15.1 Å². The summed E-state index contributed by atoms with van der Waals surface area (Å²) >= 11 is 12.7. The van der Waals surface area contributed by atoms with Gasteiger partial charge >= 0.3 is 0 Å². The zero-order valence-corrected chi connectivity index (χ0v) is 19.7. The Morgan fingerprint density at radius 3 is 2.53 bits per heavy atom. The molecule has 0 spiro atoms. The number of halogens is 2. The molecule has 2 aromatic carbocycles. The number of benzene rings is 2. The summed E-state index contributed by atoms with van der Waals surface area (Å²) in [5.74, 6) is 0.621. The van der Waals surface area contributed by atoms with Gasteiger partial charge in [0.1, 0.15) is 11.4 Å². The number of anilines is 4. The molecule has 0 saturated heterocycles. The molecule has 0 bridgehead atoms. The molecule has 0 unspecified atom stereocenters. The zero-order chi connectivity index (χ0) is 23.8. The molecule has 34 heavy (non-hydrogen) atoms. The maximum absolute atomic E-state index is 13.2. The fourth-order valence-corrected chi connectivity index (χ4v) is 4.49. The Morgan fingerprint density at radius 1 is 1.03 bits per heavy atom. The van der Waals surface area contributed by atoms with Gasteiger partial charge in [-0.15, -0.1) is 0 Å². The van der Waals surface area contributed by atoms with Crippen molar-refractivity contribution in [2.45, 2.75) is 0 Å². The van der Waals surface area contributed by atoms with Crippen LogP contribution in [0.15, 0.2) is 67.1 Å². The van der Waals surface area contributed by atoms with Crippen molar-refractivity contribution >= 4 is 52.3 Å². The molecule has 0 atom stereocenters. The first-order valence-electron chi connectivity index (χ1n) is 10.4. The molecular formula is C25H19Cl2N6O. The predicted molar refractivity (Wildman–Crippen MR) is 136 cm³/mol. The van der Waals surface area contributed by atoms with Gasteiger partial charge in [0, 0.05) is 36.9 Å². The zero-order valence-electron chi connectivity index (χ0n) is 18.2. The molecule has 3 heterocycles. The van der Waals surface area contributed by atoms with E-state index in [9.17, 15) is 4.79 Å². The molecule has 1 radical (unpaired) electrons. The van der Waals surface area contributed by atoms with Crippen LogP contribution >= 0.6 is 23.2 Å². The van der Waals surface area contributed by atoms with Crippen molar-refractivity contribution in [3.8, 4) is 11.1 Å². The second-order valence-electron chi connectivity index (χ2n) is 7.81. The summed E-state index contributed by atoms with van der Waals surface area (Å²) in [7, 11) is 1.84. The Balaban J connectivity index is 1.42. The Labute approximate surface area is 207 Å². The van der Waals surface area contributed by atoms with Gasteiger partial charge in [0.2, 0.25) is 5.95 Å². The lowest BCUT2D eigenvalue weighted by atomic mass is 10.0. The Bertz CT molecular complexity index is 1380. The van der Waals surface area contributed by atoms with Crippen molar-refractivity contribution in [3.05, 3.63) is 95.2 Å². The Hall–Kier alpha value is -3.68. The molecule has 4 aromatic rings. The normalized spacial score (nSPS) is 13.1. The number of nitrogens with one attached hydrogen (secondary N) is 1. The standard InChI is InChI=1S/C25H19Cl2N6O/c1-15-11-17(8-9-18(15)16-5-4-10-28-12-16)30-25-29-13-19-23(31-25)32(2)14-33(24(19)34)22-20(26)6-3-7-21(22)27/h3-13H,1,14H2,2H3,(H,29,30,31). The van der Waals surface area contributed by atoms with E-state index in [1.807, 2.05) is 42.3 Å². The number of carbonyl (C=O) groups is 1. The number of fused-ring (bicyclic) bond motifs is 1. The molecule has 5 rings (SSSR count). The van der Waals surface area contributed by atoms with Gasteiger partial charge in [0.25, 0.3) is 5.91 Å². The van der Waals surface area contributed by atoms with E-state index >= 15 is 0 Å². The van der Waals surface area contributed by atoms with E-state index in [0.717, 1.165) is 22.4 Å². The first kappa shape index (κ1) is 22.1. The molecule has 1 N–H and O–H groups in total. The smallest absolute Gasteiger partial charge is 0.265 e. The molecule has 7 nitrogen and oxygen atoms in total. The van der Waals surface area contributed by atoms with Gasteiger partial charge in [0.05, 0.1) is 22.4 Å². The van der Waals surface area contributed by atoms with E-state index in [1.165, 1.54) is 11.1 Å². The maximum atomic E-state index is 13.2. The molecule has 0 fully saturated rings. The number of hydrogen-bond acceptors (Lipinski definition) is 6. The second-order valence-corrected chi connectivity index (χ2v) is 8.63. The first-order valence-corrected chi connectivity index (χ1v) is 11.2. The predicted octanol–water partition coefficient (Wildman–Crippen LogP) is 5.83. The highest BCUT2D eigenvalue weighted by Gasteiger charge is 2.32. The third kappa shape index (κ3) is 4.04. The van der Waals surface area contributed by atoms with Crippen LogP contribution in [0.4, 0.5) is 23.1 Å². The van der Waals surface area contributed by atoms with Crippen molar-refractivity contribution in [1.82, 2.24) is 15.0 Å². The molecule has 0 aliphatic carbocycles. The Kier molecular flexibility index (Phi) is 5.81. The molecule has 1 aliphatic rings. The number of rotatable bonds is 4. The summed E-state index contributed by atoms with van der Waals surface area (Å²) in [5, 5.41) is 4.00. The third-order valence-electron chi connectivity index (χ3n) is 5.50.